The summed E-state index contributed by atoms with van der Waals surface area (Å²) in [6, 6.07) is 13.3. The molecule has 0 aliphatic heterocycles. The molecule has 0 spiro atoms. The Balaban J connectivity index is 2.41. The molecule has 0 aromatic heterocycles. The summed E-state index contributed by atoms with van der Waals surface area (Å²) in [7, 11) is 1.32. The minimum Gasteiger partial charge on any atom is -0.325 e. The van der Waals surface area contributed by atoms with Gasteiger partial charge in [-0.2, -0.15) is 4.99 Å². The first kappa shape index (κ1) is 22.2. The summed E-state index contributed by atoms with van der Waals surface area (Å²) in [4.78, 5) is 55.0. The summed E-state index contributed by atoms with van der Waals surface area (Å²) >= 11 is 0. The SMILES string of the molecule is CONC(=NC(=O)CC=C=O)Nc1cc(C(=O)c2ccccc2)ccc1NC(C)=O. The average Bonchev–Trinajstić information content (AvgIpc) is 2.73. The lowest BCUT2D eigenvalue weighted by Gasteiger charge is -2.15. The number of aliphatic imine (C=N–C) groups is 1. The van der Waals surface area contributed by atoms with E-state index in [0.717, 1.165) is 6.08 Å². The van der Waals surface area contributed by atoms with Crippen LogP contribution in [0.5, 0.6) is 0 Å². The monoisotopic (exact) mass is 408 g/mol. The molecule has 2 aromatic rings. The van der Waals surface area contributed by atoms with Gasteiger partial charge in [0.2, 0.25) is 11.9 Å². The van der Waals surface area contributed by atoms with Gasteiger partial charge in [0.1, 0.15) is 5.94 Å². The van der Waals surface area contributed by atoms with Crippen molar-refractivity contribution >= 4 is 40.9 Å². The van der Waals surface area contributed by atoms with Gasteiger partial charge in [-0.25, -0.2) is 10.3 Å². The first-order valence-corrected chi connectivity index (χ1v) is 8.83. The molecule has 0 aliphatic carbocycles. The van der Waals surface area contributed by atoms with Crippen molar-refractivity contribution in [1.29, 1.82) is 0 Å². The fraction of sp³-hybridized carbons (Fsp3) is 0.143. The van der Waals surface area contributed by atoms with Crippen molar-refractivity contribution in [3.8, 4) is 0 Å². The minimum absolute atomic E-state index is 0.0993. The minimum atomic E-state index is -0.636. The van der Waals surface area contributed by atoms with Crippen LogP contribution in [-0.4, -0.2) is 36.6 Å². The van der Waals surface area contributed by atoms with Crippen LogP contribution >= 0.6 is 0 Å². The predicted octanol–water partition coefficient (Wildman–Crippen LogP) is 2.10. The number of carbonyl (C=O) groups excluding carboxylic acids is 4. The number of carbonyl (C=O) groups is 3. The third-order valence-corrected chi connectivity index (χ3v) is 3.68. The molecule has 9 nitrogen and oxygen atoms in total. The number of hydrogen-bond donors (Lipinski definition) is 3. The van der Waals surface area contributed by atoms with E-state index in [1.165, 1.54) is 26.0 Å². The van der Waals surface area contributed by atoms with Crippen LogP contribution in [-0.2, 0) is 19.2 Å². The van der Waals surface area contributed by atoms with E-state index in [-0.39, 0.29) is 24.1 Å². The molecule has 0 atom stereocenters. The summed E-state index contributed by atoms with van der Waals surface area (Å²) in [5.41, 5.74) is 3.91. The third-order valence-electron chi connectivity index (χ3n) is 3.68. The molecule has 0 unspecified atom stereocenters. The molecule has 0 aliphatic rings. The van der Waals surface area contributed by atoms with Gasteiger partial charge in [-0.05, 0) is 18.2 Å². The largest absolute Gasteiger partial charge is 0.325 e. The lowest BCUT2D eigenvalue weighted by atomic mass is 10.0. The molecular formula is C21H20N4O5. The third kappa shape index (κ3) is 6.52. The average molecular weight is 408 g/mol. The fourth-order valence-corrected chi connectivity index (χ4v) is 2.44. The number of hydroxylamine groups is 1. The normalized spacial score (nSPS) is 10.5. The zero-order valence-electron chi connectivity index (χ0n) is 16.4. The second-order valence-corrected chi connectivity index (χ2v) is 5.95. The highest BCUT2D eigenvalue weighted by Gasteiger charge is 2.14. The van der Waals surface area contributed by atoms with Crippen molar-refractivity contribution in [3.05, 3.63) is 65.7 Å². The predicted molar refractivity (Wildman–Crippen MR) is 112 cm³/mol. The van der Waals surface area contributed by atoms with Crippen molar-refractivity contribution in [2.75, 3.05) is 17.7 Å². The smallest absolute Gasteiger partial charge is 0.253 e. The number of benzene rings is 2. The van der Waals surface area contributed by atoms with Gasteiger partial charge in [-0.3, -0.25) is 19.2 Å². The Kier molecular flexibility index (Phi) is 8.19. The Morgan fingerprint density at radius 1 is 1.03 bits per heavy atom. The van der Waals surface area contributed by atoms with Crippen molar-refractivity contribution < 1.29 is 24.0 Å². The highest BCUT2D eigenvalue weighted by Crippen LogP contribution is 2.25. The number of amides is 2. The van der Waals surface area contributed by atoms with Crippen molar-refractivity contribution in [3.63, 3.8) is 0 Å². The zero-order chi connectivity index (χ0) is 21.9. The van der Waals surface area contributed by atoms with Gasteiger partial charge in [0.15, 0.2) is 5.78 Å². The molecule has 0 radical (unpaired) electrons. The maximum Gasteiger partial charge on any atom is 0.253 e. The van der Waals surface area contributed by atoms with Crippen molar-refractivity contribution in [2.24, 2.45) is 4.99 Å². The first-order valence-electron chi connectivity index (χ1n) is 8.83. The Bertz CT molecular complexity index is 1010. The van der Waals surface area contributed by atoms with E-state index in [1.807, 2.05) is 0 Å². The standard InChI is InChI=1S/C21H20N4O5/c1-14(27)22-17-11-10-16(20(29)15-7-4-3-5-8-15)13-18(17)23-21(25-30-2)24-19(28)9-6-12-26/h3-8,10-11,13H,9H2,1-2H3,(H,22,27)(H2,23,24,25,28). The number of anilines is 2. The molecule has 154 valence electrons. The summed E-state index contributed by atoms with van der Waals surface area (Å²) in [5, 5.41) is 5.46. The van der Waals surface area contributed by atoms with Crippen LogP contribution in [0.15, 0.2) is 59.6 Å². The van der Waals surface area contributed by atoms with E-state index in [9.17, 15) is 19.2 Å². The van der Waals surface area contributed by atoms with Gasteiger partial charge >= 0.3 is 0 Å². The van der Waals surface area contributed by atoms with Gasteiger partial charge in [0, 0.05) is 24.1 Å². The van der Waals surface area contributed by atoms with Gasteiger partial charge in [0.25, 0.3) is 5.91 Å². The summed E-state index contributed by atoms with van der Waals surface area (Å²) in [6.07, 6.45) is 0.753. The summed E-state index contributed by atoms with van der Waals surface area (Å²) in [5.74, 6) is 0.210. The fourth-order valence-electron chi connectivity index (χ4n) is 2.44. The van der Waals surface area contributed by atoms with Crippen LogP contribution in [0.1, 0.15) is 29.3 Å². The van der Waals surface area contributed by atoms with Gasteiger partial charge in [-0.15, -0.1) is 0 Å². The lowest BCUT2D eigenvalue weighted by Crippen LogP contribution is -2.31. The number of nitrogens with zero attached hydrogens (tertiary/aromatic N) is 1. The van der Waals surface area contributed by atoms with E-state index >= 15 is 0 Å². The highest BCUT2D eigenvalue weighted by atomic mass is 16.6. The Morgan fingerprint density at radius 2 is 1.77 bits per heavy atom. The molecule has 9 heteroatoms. The van der Waals surface area contributed by atoms with E-state index < -0.39 is 5.91 Å². The molecule has 3 N–H and O–H groups in total. The molecule has 0 bridgehead atoms. The van der Waals surface area contributed by atoms with Crippen LogP contribution in [0.25, 0.3) is 0 Å². The van der Waals surface area contributed by atoms with Gasteiger partial charge < -0.3 is 10.6 Å². The maximum absolute atomic E-state index is 12.8. The molecule has 2 rings (SSSR count). The molecule has 30 heavy (non-hydrogen) atoms. The van der Waals surface area contributed by atoms with Crippen molar-refractivity contribution in [2.45, 2.75) is 13.3 Å². The number of guanidine groups is 1. The second-order valence-electron chi connectivity index (χ2n) is 5.95. The maximum atomic E-state index is 12.8. The molecule has 2 aromatic carbocycles. The quantitative estimate of drug-likeness (QED) is 0.211. The second kappa shape index (κ2) is 11.1. The molecule has 0 saturated heterocycles. The first-order chi connectivity index (χ1) is 14.4. The Hall–Kier alpha value is -4.07. The zero-order valence-corrected chi connectivity index (χ0v) is 16.4. The van der Waals surface area contributed by atoms with Crippen LogP contribution in [0, 0.1) is 0 Å². The molecule has 2 amide bonds. The summed E-state index contributed by atoms with van der Waals surface area (Å²) in [6.45, 7) is 1.34. The van der Waals surface area contributed by atoms with E-state index in [4.69, 9.17) is 4.84 Å². The number of hydrogen-bond acceptors (Lipinski definition) is 5. The van der Waals surface area contributed by atoms with Crippen molar-refractivity contribution in [1.82, 2.24) is 5.48 Å². The lowest BCUT2D eigenvalue weighted by molar-refractivity contribution is -0.117. The molecule has 0 heterocycles. The van der Waals surface area contributed by atoms with E-state index in [0.29, 0.717) is 22.5 Å². The number of nitrogens with one attached hydrogen (secondary N) is 3. The number of rotatable bonds is 7. The Morgan fingerprint density at radius 3 is 2.40 bits per heavy atom. The highest BCUT2D eigenvalue weighted by molar-refractivity contribution is 6.11. The van der Waals surface area contributed by atoms with Crippen LogP contribution in [0.3, 0.4) is 0 Å². The van der Waals surface area contributed by atoms with Crippen LogP contribution in [0.2, 0.25) is 0 Å². The molecular weight excluding hydrogens is 388 g/mol. The van der Waals surface area contributed by atoms with E-state index in [2.05, 4.69) is 21.1 Å². The Labute approximate surface area is 172 Å². The van der Waals surface area contributed by atoms with Crippen LogP contribution < -0.4 is 16.1 Å². The van der Waals surface area contributed by atoms with Gasteiger partial charge in [-0.1, -0.05) is 30.3 Å². The molecule has 0 fully saturated rings. The molecule has 0 saturated carbocycles. The summed E-state index contributed by atoms with van der Waals surface area (Å²) < 4.78 is 0. The van der Waals surface area contributed by atoms with Gasteiger partial charge in [0.05, 0.1) is 24.9 Å². The van der Waals surface area contributed by atoms with Crippen LogP contribution in [0.4, 0.5) is 11.4 Å². The van der Waals surface area contributed by atoms with E-state index in [1.54, 1.807) is 42.5 Å². The topological polar surface area (TPSA) is 126 Å². The number of ketones is 1.